The van der Waals surface area contributed by atoms with Crippen molar-refractivity contribution in [3.63, 3.8) is 0 Å². The highest BCUT2D eigenvalue weighted by Crippen LogP contribution is 2.27. The topological polar surface area (TPSA) is 58.6 Å². The molecule has 0 heterocycles. The minimum atomic E-state index is -0.954. The molecule has 0 aliphatic heterocycles. The molecule has 6 heteroatoms. The molecule has 0 unspecified atom stereocenters. The molecule has 0 amide bonds. The van der Waals surface area contributed by atoms with E-state index in [-0.39, 0.29) is 5.56 Å². The third-order valence-corrected chi connectivity index (χ3v) is 3.49. The van der Waals surface area contributed by atoms with Crippen LogP contribution in [0.3, 0.4) is 0 Å². The summed E-state index contributed by atoms with van der Waals surface area (Å²) in [5.41, 5.74) is 0.845. The second kappa shape index (κ2) is 7.92. The number of halogens is 2. The minimum Gasteiger partial charge on any atom is -0.492 e. The molecule has 0 saturated heterocycles. The Morgan fingerprint density at radius 2 is 1.95 bits per heavy atom. The molecule has 2 aromatic carbocycles. The molecule has 0 bridgehead atoms. The van der Waals surface area contributed by atoms with Gasteiger partial charge in [-0.3, -0.25) is 0 Å². The van der Waals surface area contributed by atoms with Gasteiger partial charge in [0.1, 0.15) is 5.75 Å². The zero-order valence-electron chi connectivity index (χ0n) is 11.7. The Balaban J connectivity index is 1.81. The third kappa shape index (κ3) is 4.55. The molecule has 116 valence electrons. The first-order chi connectivity index (χ1) is 10.6. The molecule has 2 N–H and O–H groups in total. The van der Waals surface area contributed by atoms with Crippen LogP contribution in [0.4, 0.5) is 5.69 Å². The molecular formula is C16H15Cl2NO3. The lowest BCUT2D eigenvalue weighted by molar-refractivity contribution is 0.0698. The number of para-hydroxylation sites is 1. The van der Waals surface area contributed by atoms with Crippen molar-refractivity contribution in [2.45, 2.75) is 6.42 Å². The van der Waals surface area contributed by atoms with Crippen molar-refractivity contribution >= 4 is 34.9 Å². The van der Waals surface area contributed by atoms with Gasteiger partial charge in [0.2, 0.25) is 0 Å². The van der Waals surface area contributed by atoms with Crippen LogP contribution in [0.15, 0.2) is 42.5 Å². The summed E-state index contributed by atoms with van der Waals surface area (Å²) in [4.78, 5) is 11.1. The summed E-state index contributed by atoms with van der Waals surface area (Å²) < 4.78 is 5.56. The van der Waals surface area contributed by atoms with Crippen LogP contribution in [-0.4, -0.2) is 24.2 Å². The number of ether oxygens (including phenoxy) is 1. The van der Waals surface area contributed by atoms with Crippen LogP contribution in [-0.2, 0) is 0 Å². The Hall–Kier alpha value is -1.91. The SMILES string of the molecule is O=C(O)c1ccccc1NCCCOc1cc(Cl)ccc1Cl. The number of nitrogens with one attached hydrogen (secondary N) is 1. The van der Waals surface area contributed by atoms with Crippen LogP contribution in [0.5, 0.6) is 5.75 Å². The number of rotatable bonds is 7. The average Bonchev–Trinajstić information content (AvgIpc) is 2.50. The summed E-state index contributed by atoms with van der Waals surface area (Å²) in [6, 6.07) is 11.8. The monoisotopic (exact) mass is 339 g/mol. The van der Waals surface area contributed by atoms with Crippen molar-refractivity contribution < 1.29 is 14.6 Å². The van der Waals surface area contributed by atoms with E-state index in [1.54, 1.807) is 42.5 Å². The molecule has 22 heavy (non-hydrogen) atoms. The van der Waals surface area contributed by atoms with E-state index >= 15 is 0 Å². The molecule has 0 aromatic heterocycles. The Bertz CT molecular complexity index is 662. The second-order valence-electron chi connectivity index (χ2n) is 4.55. The highest BCUT2D eigenvalue weighted by molar-refractivity contribution is 6.34. The highest BCUT2D eigenvalue weighted by atomic mass is 35.5. The van der Waals surface area contributed by atoms with Crippen molar-refractivity contribution in [1.29, 1.82) is 0 Å². The van der Waals surface area contributed by atoms with Gasteiger partial charge in [0, 0.05) is 23.3 Å². The molecule has 0 saturated carbocycles. The van der Waals surface area contributed by atoms with Crippen molar-refractivity contribution in [2.24, 2.45) is 0 Å². The maximum absolute atomic E-state index is 11.1. The number of carboxylic acid groups (broad SMARTS) is 1. The summed E-state index contributed by atoms with van der Waals surface area (Å²) in [7, 11) is 0. The van der Waals surface area contributed by atoms with Crippen LogP contribution >= 0.6 is 23.2 Å². The van der Waals surface area contributed by atoms with E-state index in [9.17, 15) is 4.79 Å². The van der Waals surface area contributed by atoms with Crippen LogP contribution in [0.25, 0.3) is 0 Å². The Kier molecular flexibility index (Phi) is 5.92. The van der Waals surface area contributed by atoms with Gasteiger partial charge in [-0.1, -0.05) is 35.3 Å². The fraction of sp³-hybridized carbons (Fsp3) is 0.188. The summed E-state index contributed by atoms with van der Waals surface area (Å²) >= 11 is 11.9. The highest BCUT2D eigenvalue weighted by Gasteiger charge is 2.08. The quantitative estimate of drug-likeness (QED) is 0.725. The number of carbonyl (C=O) groups is 1. The van der Waals surface area contributed by atoms with Gasteiger partial charge in [0.25, 0.3) is 0 Å². The van der Waals surface area contributed by atoms with E-state index in [2.05, 4.69) is 5.32 Å². The van der Waals surface area contributed by atoms with E-state index in [0.717, 1.165) is 0 Å². The lowest BCUT2D eigenvalue weighted by Crippen LogP contribution is -2.10. The van der Waals surface area contributed by atoms with Crippen molar-refractivity contribution in [1.82, 2.24) is 0 Å². The fourth-order valence-corrected chi connectivity index (χ4v) is 2.22. The second-order valence-corrected chi connectivity index (χ2v) is 5.40. The Labute approximate surface area is 138 Å². The van der Waals surface area contributed by atoms with Gasteiger partial charge in [-0.25, -0.2) is 4.79 Å². The van der Waals surface area contributed by atoms with Gasteiger partial charge in [0.15, 0.2) is 0 Å². The van der Waals surface area contributed by atoms with E-state index < -0.39 is 5.97 Å². The van der Waals surface area contributed by atoms with E-state index in [1.165, 1.54) is 0 Å². The average molecular weight is 340 g/mol. The van der Waals surface area contributed by atoms with Gasteiger partial charge in [0.05, 0.1) is 17.2 Å². The van der Waals surface area contributed by atoms with Gasteiger partial charge in [-0.15, -0.1) is 0 Å². The molecule has 2 rings (SSSR count). The molecule has 4 nitrogen and oxygen atoms in total. The Morgan fingerprint density at radius 1 is 1.18 bits per heavy atom. The molecule has 0 aliphatic carbocycles. The number of hydrogen-bond acceptors (Lipinski definition) is 3. The Morgan fingerprint density at radius 3 is 2.73 bits per heavy atom. The summed E-state index contributed by atoms with van der Waals surface area (Å²) in [5.74, 6) is -0.412. The number of anilines is 1. The minimum absolute atomic E-state index is 0.251. The standard InChI is InChI=1S/C16H15Cl2NO3/c17-11-6-7-13(18)15(10-11)22-9-3-8-19-14-5-2-1-4-12(14)16(20)21/h1-2,4-7,10,19H,3,8-9H2,(H,20,21). The third-order valence-electron chi connectivity index (χ3n) is 2.94. The first-order valence-corrected chi connectivity index (χ1v) is 7.47. The summed E-state index contributed by atoms with van der Waals surface area (Å²) in [5, 5.41) is 13.2. The van der Waals surface area contributed by atoms with Gasteiger partial charge < -0.3 is 15.2 Å². The van der Waals surface area contributed by atoms with Crippen LogP contribution < -0.4 is 10.1 Å². The number of benzene rings is 2. The summed E-state index contributed by atoms with van der Waals surface area (Å²) in [6.07, 6.45) is 0.691. The largest absolute Gasteiger partial charge is 0.492 e. The number of carboxylic acids is 1. The van der Waals surface area contributed by atoms with Crippen LogP contribution in [0.2, 0.25) is 10.0 Å². The van der Waals surface area contributed by atoms with Crippen LogP contribution in [0, 0.1) is 0 Å². The smallest absolute Gasteiger partial charge is 0.337 e. The van der Waals surface area contributed by atoms with Gasteiger partial charge in [-0.05, 0) is 30.7 Å². The van der Waals surface area contributed by atoms with Crippen LogP contribution in [0.1, 0.15) is 16.8 Å². The maximum atomic E-state index is 11.1. The lowest BCUT2D eigenvalue weighted by atomic mass is 10.2. The predicted molar refractivity (Wildman–Crippen MR) is 88.5 cm³/mol. The summed E-state index contributed by atoms with van der Waals surface area (Å²) in [6.45, 7) is 1.03. The molecule has 0 spiro atoms. The molecular weight excluding hydrogens is 325 g/mol. The molecule has 0 atom stereocenters. The van der Waals surface area contributed by atoms with Crippen molar-refractivity contribution in [2.75, 3.05) is 18.5 Å². The molecule has 0 fully saturated rings. The first-order valence-electron chi connectivity index (χ1n) is 6.72. The zero-order valence-corrected chi connectivity index (χ0v) is 13.2. The lowest BCUT2D eigenvalue weighted by Gasteiger charge is -2.11. The van der Waals surface area contributed by atoms with Crippen molar-refractivity contribution in [3.05, 3.63) is 58.1 Å². The zero-order chi connectivity index (χ0) is 15.9. The number of aromatic carboxylic acids is 1. The number of hydrogen-bond donors (Lipinski definition) is 2. The molecule has 2 aromatic rings. The maximum Gasteiger partial charge on any atom is 0.337 e. The predicted octanol–water partition coefficient (Wildman–Crippen LogP) is 4.57. The van der Waals surface area contributed by atoms with E-state index in [4.69, 9.17) is 33.0 Å². The molecule has 0 radical (unpaired) electrons. The molecule has 0 aliphatic rings. The van der Waals surface area contributed by atoms with E-state index in [1.807, 2.05) is 0 Å². The van der Waals surface area contributed by atoms with Gasteiger partial charge in [-0.2, -0.15) is 0 Å². The van der Waals surface area contributed by atoms with Crippen molar-refractivity contribution in [3.8, 4) is 5.75 Å². The van der Waals surface area contributed by atoms with Gasteiger partial charge >= 0.3 is 5.97 Å². The fourth-order valence-electron chi connectivity index (χ4n) is 1.89. The normalized spacial score (nSPS) is 10.3. The van der Waals surface area contributed by atoms with E-state index in [0.29, 0.717) is 41.1 Å². The first kappa shape index (κ1) is 16.5.